The highest BCUT2D eigenvalue weighted by Gasteiger charge is 2.30. The van der Waals surface area contributed by atoms with Crippen LogP contribution in [-0.2, 0) is 4.79 Å². The Hall–Kier alpha value is -1.67. The van der Waals surface area contributed by atoms with Crippen LogP contribution in [0.1, 0.15) is 13.3 Å². The molecule has 2 rings (SSSR count). The van der Waals surface area contributed by atoms with Crippen LogP contribution in [0.3, 0.4) is 0 Å². The van der Waals surface area contributed by atoms with Gasteiger partial charge in [-0.3, -0.25) is 4.79 Å². The molecule has 3 N–H and O–H groups in total. The van der Waals surface area contributed by atoms with Crippen molar-refractivity contribution in [2.45, 2.75) is 23.9 Å². The Morgan fingerprint density at radius 2 is 2.32 bits per heavy atom. The minimum absolute atomic E-state index is 0.489. The molecule has 1 unspecified atom stereocenters. The number of carbonyl (C=O) groups is 1. The van der Waals surface area contributed by atoms with Crippen molar-refractivity contribution in [3.63, 3.8) is 0 Å². The first-order valence-corrected chi connectivity index (χ1v) is 6.74. The largest absolute Gasteiger partial charge is 0.480 e. The summed E-state index contributed by atoms with van der Waals surface area (Å²) in [5.41, 5.74) is 0.480. The molecule has 2 aromatic heterocycles. The number of fused-ring (bicyclic) bond motifs is 1. The maximum absolute atomic E-state index is 11.2. The van der Waals surface area contributed by atoms with Crippen molar-refractivity contribution in [2.75, 3.05) is 12.8 Å². The number of thioether (sulfide) groups is 1. The number of aromatic nitrogens is 4. The van der Waals surface area contributed by atoms with Gasteiger partial charge in [-0.25, -0.2) is 15.0 Å². The molecule has 2 heterocycles. The van der Waals surface area contributed by atoms with Crippen molar-refractivity contribution in [3.8, 4) is 0 Å². The third kappa shape index (κ3) is 2.85. The van der Waals surface area contributed by atoms with Crippen LogP contribution in [0.2, 0.25) is 0 Å². The normalized spacial score (nSPS) is 14.4. The summed E-state index contributed by atoms with van der Waals surface area (Å²) in [5, 5.41) is 12.8. The average molecular weight is 281 g/mol. The number of hydrogen-bond acceptors (Lipinski definition) is 6. The van der Waals surface area contributed by atoms with Crippen molar-refractivity contribution in [1.29, 1.82) is 0 Å². The fourth-order valence-electron chi connectivity index (χ4n) is 1.54. The summed E-state index contributed by atoms with van der Waals surface area (Å²) in [7, 11) is 1.65. The van der Waals surface area contributed by atoms with Crippen molar-refractivity contribution < 1.29 is 9.90 Å². The molecule has 0 bridgehead atoms. The van der Waals surface area contributed by atoms with Crippen LogP contribution in [0.15, 0.2) is 17.7 Å². The van der Waals surface area contributed by atoms with E-state index in [0.29, 0.717) is 17.8 Å². The zero-order valence-corrected chi connectivity index (χ0v) is 11.5. The number of nitrogens with one attached hydrogen (secondary N) is 2. The van der Waals surface area contributed by atoms with E-state index in [1.54, 1.807) is 20.3 Å². The highest BCUT2D eigenvalue weighted by molar-refractivity contribution is 7.99. The lowest BCUT2D eigenvalue weighted by molar-refractivity contribution is -0.144. The van der Waals surface area contributed by atoms with Gasteiger partial charge >= 0.3 is 5.97 Å². The molecular formula is C11H15N5O2S. The molecule has 0 aliphatic heterocycles. The molecule has 0 radical (unpaired) electrons. The quantitative estimate of drug-likeness (QED) is 0.533. The summed E-state index contributed by atoms with van der Waals surface area (Å²) < 4.78 is 0. The first-order chi connectivity index (χ1) is 9.07. The summed E-state index contributed by atoms with van der Waals surface area (Å²) in [6.45, 7) is 1.67. The van der Waals surface area contributed by atoms with Gasteiger partial charge < -0.3 is 15.4 Å². The Balaban J connectivity index is 2.03. The van der Waals surface area contributed by atoms with Crippen LogP contribution in [0.4, 0.5) is 0 Å². The van der Waals surface area contributed by atoms with Gasteiger partial charge in [0, 0.05) is 5.75 Å². The fraction of sp³-hybridized carbons (Fsp3) is 0.455. The number of carboxylic acid groups (broad SMARTS) is 1. The van der Waals surface area contributed by atoms with Crippen molar-refractivity contribution in [1.82, 2.24) is 25.3 Å². The van der Waals surface area contributed by atoms with Crippen LogP contribution >= 0.6 is 11.8 Å². The molecule has 0 saturated carbocycles. The fourth-order valence-corrected chi connectivity index (χ4v) is 2.66. The van der Waals surface area contributed by atoms with Crippen LogP contribution < -0.4 is 5.32 Å². The second-order valence-electron chi connectivity index (χ2n) is 4.27. The molecule has 0 amide bonds. The second-order valence-corrected chi connectivity index (χ2v) is 5.35. The molecule has 7 nitrogen and oxygen atoms in total. The Kier molecular flexibility index (Phi) is 4.01. The zero-order chi connectivity index (χ0) is 13.9. The van der Waals surface area contributed by atoms with E-state index in [9.17, 15) is 4.79 Å². The first-order valence-electron chi connectivity index (χ1n) is 5.76. The van der Waals surface area contributed by atoms with E-state index in [2.05, 4.69) is 25.3 Å². The third-order valence-electron chi connectivity index (χ3n) is 3.05. The van der Waals surface area contributed by atoms with E-state index < -0.39 is 11.5 Å². The van der Waals surface area contributed by atoms with Crippen molar-refractivity contribution in [3.05, 3.63) is 12.7 Å². The number of rotatable bonds is 6. The molecule has 102 valence electrons. The predicted octanol–water partition coefficient (Wildman–Crippen LogP) is 0.898. The summed E-state index contributed by atoms with van der Waals surface area (Å²) in [6.07, 6.45) is 3.52. The number of nitrogens with zero attached hydrogens (tertiary/aromatic N) is 3. The summed E-state index contributed by atoms with van der Waals surface area (Å²) in [5.74, 6) is -0.223. The summed E-state index contributed by atoms with van der Waals surface area (Å²) in [4.78, 5) is 26.4. The highest BCUT2D eigenvalue weighted by Crippen LogP contribution is 2.24. The lowest BCUT2D eigenvalue weighted by Gasteiger charge is -2.23. The Labute approximate surface area is 114 Å². The number of carboxylic acids is 1. The topological polar surface area (TPSA) is 104 Å². The SMILES string of the molecule is CNC(C)(CCSc1ncnc2nc[nH]c12)C(=O)O. The number of likely N-dealkylation sites (N-methyl/N-ethyl adjacent to an activating group) is 1. The van der Waals surface area contributed by atoms with E-state index in [-0.39, 0.29) is 0 Å². The third-order valence-corrected chi connectivity index (χ3v) is 4.04. The van der Waals surface area contributed by atoms with Gasteiger partial charge in [0.05, 0.1) is 6.33 Å². The van der Waals surface area contributed by atoms with E-state index in [1.807, 2.05) is 0 Å². The van der Waals surface area contributed by atoms with Gasteiger partial charge in [-0.2, -0.15) is 0 Å². The number of hydrogen-bond donors (Lipinski definition) is 3. The van der Waals surface area contributed by atoms with E-state index in [4.69, 9.17) is 5.11 Å². The maximum Gasteiger partial charge on any atom is 0.323 e. The van der Waals surface area contributed by atoms with Crippen LogP contribution in [0.5, 0.6) is 0 Å². The first kappa shape index (κ1) is 13.8. The summed E-state index contributed by atoms with van der Waals surface area (Å²) in [6, 6.07) is 0. The van der Waals surface area contributed by atoms with Gasteiger partial charge in [-0.05, 0) is 20.4 Å². The molecule has 0 fully saturated rings. The minimum atomic E-state index is -0.923. The van der Waals surface area contributed by atoms with Crippen LogP contribution in [0, 0.1) is 0 Å². The molecular weight excluding hydrogens is 266 g/mol. The minimum Gasteiger partial charge on any atom is -0.480 e. The molecule has 2 aromatic rings. The Bertz CT molecular complexity index is 587. The van der Waals surface area contributed by atoms with Gasteiger partial charge in [-0.15, -0.1) is 11.8 Å². The number of aliphatic carboxylic acids is 1. The maximum atomic E-state index is 11.2. The van der Waals surface area contributed by atoms with Crippen molar-refractivity contribution >= 4 is 28.9 Å². The second kappa shape index (κ2) is 5.54. The molecule has 0 aliphatic rings. The zero-order valence-electron chi connectivity index (χ0n) is 10.7. The lowest BCUT2D eigenvalue weighted by atomic mass is 10.00. The lowest BCUT2D eigenvalue weighted by Crippen LogP contribution is -2.47. The standard InChI is InChI=1S/C11H15N5O2S/c1-11(12-2,10(17)18)3-4-19-9-7-8(14-5-13-7)15-6-16-9/h5-6,12H,3-4H2,1-2H3,(H,17,18)(H,13,14,15,16). The van der Waals surface area contributed by atoms with Gasteiger partial charge in [0.15, 0.2) is 5.65 Å². The molecule has 0 aromatic carbocycles. The average Bonchev–Trinajstić information content (AvgIpc) is 2.87. The number of imidazole rings is 1. The molecule has 0 spiro atoms. The van der Waals surface area contributed by atoms with Gasteiger partial charge in [0.2, 0.25) is 0 Å². The van der Waals surface area contributed by atoms with E-state index >= 15 is 0 Å². The van der Waals surface area contributed by atoms with Gasteiger partial charge in [0.1, 0.15) is 22.4 Å². The van der Waals surface area contributed by atoms with Crippen LogP contribution in [-0.4, -0.2) is 49.4 Å². The predicted molar refractivity (Wildman–Crippen MR) is 72.1 cm³/mol. The van der Waals surface area contributed by atoms with E-state index in [1.165, 1.54) is 18.1 Å². The van der Waals surface area contributed by atoms with Crippen molar-refractivity contribution in [2.24, 2.45) is 0 Å². The molecule has 0 aliphatic carbocycles. The van der Waals surface area contributed by atoms with Gasteiger partial charge in [-0.1, -0.05) is 0 Å². The summed E-state index contributed by atoms with van der Waals surface area (Å²) >= 11 is 1.49. The molecule has 19 heavy (non-hydrogen) atoms. The number of aromatic amines is 1. The Morgan fingerprint density at radius 1 is 1.53 bits per heavy atom. The van der Waals surface area contributed by atoms with E-state index in [0.717, 1.165) is 10.5 Å². The molecule has 0 saturated heterocycles. The van der Waals surface area contributed by atoms with Crippen LogP contribution in [0.25, 0.3) is 11.2 Å². The van der Waals surface area contributed by atoms with Gasteiger partial charge in [0.25, 0.3) is 0 Å². The number of H-pyrrole nitrogens is 1. The molecule has 8 heteroatoms. The Morgan fingerprint density at radius 3 is 3.00 bits per heavy atom. The smallest absolute Gasteiger partial charge is 0.323 e. The monoisotopic (exact) mass is 281 g/mol. The highest BCUT2D eigenvalue weighted by atomic mass is 32.2. The molecule has 1 atom stereocenters.